The van der Waals surface area contributed by atoms with Gasteiger partial charge in [-0.15, -0.1) is 0 Å². The van der Waals surface area contributed by atoms with Gasteiger partial charge < -0.3 is 5.32 Å². The van der Waals surface area contributed by atoms with E-state index in [2.05, 4.69) is 55.3 Å². The highest BCUT2D eigenvalue weighted by Crippen LogP contribution is 2.22. The van der Waals surface area contributed by atoms with Crippen molar-refractivity contribution in [2.75, 3.05) is 12.3 Å². The summed E-state index contributed by atoms with van der Waals surface area (Å²) >= 11 is 1.54. The van der Waals surface area contributed by atoms with Crippen molar-refractivity contribution < 1.29 is 4.79 Å². The second kappa shape index (κ2) is 7.04. The van der Waals surface area contributed by atoms with Gasteiger partial charge >= 0.3 is 0 Å². The van der Waals surface area contributed by atoms with Crippen LogP contribution >= 0.6 is 11.8 Å². The van der Waals surface area contributed by atoms with E-state index >= 15 is 0 Å². The van der Waals surface area contributed by atoms with Gasteiger partial charge in [-0.3, -0.25) is 14.2 Å². The first-order valence-corrected chi connectivity index (χ1v) is 9.45. The molecule has 0 unspecified atom stereocenters. The summed E-state index contributed by atoms with van der Waals surface area (Å²) in [5.74, 6) is 0.480. The summed E-state index contributed by atoms with van der Waals surface area (Å²) in [5.41, 5.74) is 2.45. The van der Waals surface area contributed by atoms with Crippen molar-refractivity contribution in [1.29, 1.82) is 0 Å². The lowest BCUT2D eigenvalue weighted by Crippen LogP contribution is -2.34. The maximum absolute atomic E-state index is 12.3. The largest absolute Gasteiger partial charge is 0.351 e. The van der Waals surface area contributed by atoms with Crippen molar-refractivity contribution in [1.82, 2.24) is 14.9 Å². The SMILES string of the molecule is CC(C)(C)c1ccc(CCNC(=O)c2cnc3n(c2=O)CCS3)cc1. The zero-order valence-corrected chi connectivity index (χ0v) is 15.7. The molecule has 1 amide bonds. The number of amides is 1. The normalized spacial score (nSPS) is 13.6. The van der Waals surface area contributed by atoms with Gasteiger partial charge in [-0.25, -0.2) is 4.98 Å². The lowest BCUT2D eigenvalue weighted by Gasteiger charge is -2.19. The van der Waals surface area contributed by atoms with E-state index < -0.39 is 0 Å². The summed E-state index contributed by atoms with van der Waals surface area (Å²) in [6.07, 6.45) is 2.12. The molecular weight excluding hydrogens is 334 g/mol. The van der Waals surface area contributed by atoms with Crippen molar-refractivity contribution in [2.24, 2.45) is 0 Å². The third-order valence-corrected chi connectivity index (χ3v) is 5.29. The molecule has 2 aromatic rings. The Morgan fingerprint density at radius 2 is 2.00 bits per heavy atom. The molecule has 1 aromatic carbocycles. The van der Waals surface area contributed by atoms with Crippen molar-refractivity contribution in [3.63, 3.8) is 0 Å². The number of aromatic nitrogens is 2. The summed E-state index contributed by atoms with van der Waals surface area (Å²) in [6, 6.07) is 8.45. The number of thioether (sulfide) groups is 1. The summed E-state index contributed by atoms with van der Waals surface area (Å²) in [4.78, 5) is 28.8. The molecule has 3 rings (SSSR count). The Labute approximate surface area is 151 Å². The van der Waals surface area contributed by atoms with Crippen LogP contribution in [0.2, 0.25) is 0 Å². The number of carbonyl (C=O) groups is 1. The number of carbonyl (C=O) groups excluding carboxylic acids is 1. The molecule has 1 aliphatic rings. The molecule has 1 N–H and O–H groups in total. The number of rotatable bonds is 4. The molecule has 5 nitrogen and oxygen atoms in total. The summed E-state index contributed by atoms with van der Waals surface area (Å²) < 4.78 is 1.57. The van der Waals surface area contributed by atoms with Crippen LogP contribution in [0.3, 0.4) is 0 Å². The first-order chi connectivity index (χ1) is 11.9. The molecule has 0 fully saturated rings. The Balaban J connectivity index is 1.59. The van der Waals surface area contributed by atoms with Crippen LogP contribution in [0.4, 0.5) is 0 Å². The molecule has 0 saturated carbocycles. The quantitative estimate of drug-likeness (QED) is 0.855. The van der Waals surface area contributed by atoms with Crippen LogP contribution in [0.5, 0.6) is 0 Å². The van der Waals surface area contributed by atoms with E-state index in [0.717, 1.165) is 17.7 Å². The van der Waals surface area contributed by atoms with E-state index in [0.29, 0.717) is 18.2 Å². The van der Waals surface area contributed by atoms with Gasteiger partial charge in [0.05, 0.1) is 0 Å². The van der Waals surface area contributed by atoms with Gasteiger partial charge in [0.25, 0.3) is 11.5 Å². The maximum Gasteiger partial charge on any atom is 0.267 e. The monoisotopic (exact) mass is 357 g/mol. The van der Waals surface area contributed by atoms with Crippen molar-refractivity contribution in [3.05, 3.63) is 57.5 Å². The smallest absolute Gasteiger partial charge is 0.267 e. The van der Waals surface area contributed by atoms with Gasteiger partial charge in [0, 0.05) is 25.0 Å². The highest BCUT2D eigenvalue weighted by atomic mass is 32.2. The first-order valence-electron chi connectivity index (χ1n) is 8.46. The molecule has 0 bridgehead atoms. The first kappa shape index (κ1) is 17.7. The van der Waals surface area contributed by atoms with E-state index in [1.807, 2.05) is 0 Å². The highest BCUT2D eigenvalue weighted by molar-refractivity contribution is 7.99. The maximum atomic E-state index is 12.3. The van der Waals surface area contributed by atoms with Crippen LogP contribution in [-0.2, 0) is 18.4 Å². The van der Waals surface area contributed by atoms with E-state index in [1.54, 1.807) is 16.3 Å². The van der Waals surface area contributed by atoms with Crippen LogP contribution in [0.1, 0.15) is 42.3 Å². The van der Waals surface area contributed by atoms with Gasteiger partial charge in [0.2, 0.25) is 0 Å². The van der Waals surface area contributed by atoms with Crippen LogP contribution in [-0.4, -0.2) is 27.8 Å². The van der Waals surface area contributed by atoms with Crippen molar-refractivity contribution in [3.8, 4) is 0 Å². The molecule has 6 heteroatoms. The molecule has 1 aromatic heterocycles. The predicted octanol–water partition coefficient (Wildman–Crippen LogP) is 2.62. The Morgan fingerprint density at radius 3 is 2.68 bits per heavy atom. The second-order valence-electron chi connectivity index (χ2n) is 7.21. The van der Waals surface area contributed by atoms with Crippen LogP contribution in [0.15, 0.2) is 40.4 Å². The highest BCUT2D eigenvalue weighted by Gasteiger charge is 2.19. The van der Waals surface area contributed by atoms with E-state index in [9.17, 15) is 9.59 Å². The summed E-state index contributed by atoms with van der Waals surface area (Å²) in [7, 11) is 0. The Morgan fingerprint density at radius 1 is 1.28 bits per heavy atom. The molecule has 1 aliphatic heterocycles. The van der Waals surface area contributed by atoms with Crippen molar-refractivity contribution >= 4 is 17.7 Å². The number of hydrogen-bond donors (Lipinski definition) is 1. The number of nitrogens with one attached hydrogen (secondary N) is 1. The standard InChI is InChI=1S/C19H23N3O2S/c1-19(2,3)14-6-4-13(5-7-14)8-9-20-16(23)15-12-21-18-22(17(15)24)10-11-25-18/h4-7,12H,8-11H2,1-3H3,(H,20,23). The van der Waals surface area contributed by atoms with Crippen LogP contribution < -0.4 is 10.9 Å². The van der Waals surface area contributed by atoms with Gasteiger partial charge in [-0.05, 0) is 23.0 Å². The molecule has 0 radical (unpaired) electrons. The van der Waals surface area contributed by atoms with Crippen LogP contribution in [0, 0.1) is 0 Å². The van der Waals surface area contributed by atoms with Gasteiger partial charge in [0.1, 0.15) is 5.56 Å². The lowest BCUT2D eigenvalue weighted by molar-refractivity contribution is 0.0951. The average Bonchev–Trinajstić information content (AvgIpc) is 3.04. The topological polar surface area (TPSA) is 64.0 Å². The fourth-order valence-corrected chi connectivity index (χ4v) is 3.67. The Hall–Kier alpha value is -2.08. The molecule has 2 heterocycles. The molecule has 0 spiro atoms. The summed E-state index contributed by atoms with van der Waals surface area (Å²) in [6.45, 7) is 7.66. The number of hydrogen-bond acceptors (Lipinski definition) is 4. The van der Waals surface area contributed by atoms with E-state index in [4.69, 9.17) is 0 Å². The van der Waals surface area contributed by atoms with E-state index in [-0.39, 0.29) is 22.4 Å². The Kier molecular flexibility index (Phi) is 4.99. The van der Waals surface area contributed by atoms with Crippen LogP contribution in [0.25, 0.3) is 0 Å². The molecule has 0 saturated heterocycles. The summed E-state index contributed by atoms with van der Waals surface area (Å²) in [5, 5.41) is 3.52. The van der Waals surface area contributed by atoms with Gasteiger partial charge in [-0.2, -0.15) is 0 Å². The number of nitrogens with zero attached hydrogens (tertiary/aromatic N) is 2. The van der Waals surface area contributed by atoms with Gasteiger partial charge in [-0.1, -0.05) is 56.8 Å². The molecule has 0 atom stereocenters. The number of fused-ring (bicyclic) bond motifs is 1. The Bertz CT molecular complexity index is 835. The minimum Gasteiger partial charge on any atom is -0.351 e. The van der Waals surface area contributed by atoms with Crippen molar-refractivity contribution in [2.45, 2.75) is 44.3 Å². The third kappa shape index (κ3) is 3.95. The molecule has 0 aliphatic carbocycles. The van der Waals surface area contributed by atoms with Gasteiger partial charge in [0.15, 0.2) is 5.16 Å². The third-order valence-electron chi connectivity index (χ3n) is 4.32. The average molecular weight is 357 g/mol. The minimum atomic E-state index is -0.351. The predicted molar refractivity (Wildman–Crippen MR) is 100 cm³/mol. The molecule has 25 heavy (non-hydrogen) atoms. The zero-order valence-electron chi connectivity index (χ0n) is 14.8. The molecule has 132 valence electrons. The molecular formula is C19H23N3O2S. The lowest BCUT2D eigenvalue weighted by atomic mass is 9.86. The second-order valence-corrected chi connectivity index (χ2v) is 8.27. The van der Waals surface area contributed by atoms with E-state index in [1.165, 1.54) is 11.8 Å². The zero-order chi connectivity index (χ0) is 18.0. The fourth-order valence-electron chi connectivity index (χ4n) is 2.76. The minimum absolute atomic E-state index is 0.120. The fraction of sp³-hybridized carbons (Fsp3) is 0.421. The number of benzene rings is 1.